The van der Waals surface area contributed by atoms with Crippen LogP contribution in [0.5, 0.6) is 0 Å². The molecule has 2 nitrogen and oxygen atoms in total. The summed E-state index contributed by atoms with van der Waals surface area (Å²) in [4.78, 5) is 0. The summed E-state index contributed by atoms with van der Waals surface area (Å²) in [5, 5.41) is 9.77. The lowest BCUT2D eigenvalue weighted by atomic mass is 9.58. The van der Waals surface area contributed by atoms with Crippen molar-refractivity contribution < 1.29 is 5.11 Å². The molecule has 3 N–H and O–H groups in total. The summed E-state index contributed by atoms with van der Waals surface area (Å²) in [6, 6.07) is 0.137. The predicted octanol–water partition coefficient (Wildman–Crippen LogP) is 2.16. The summed E-state index contributed by atoms with van der Waals surface area (Å²) >= 11 is 0. The first kappa shape index (κ1) is 12.0. The number of aliphatic hydroxyl groups is 1. The van der Waals surface area contributed by atoms with E-state index in [1.807, 2.05) is 0 Å². The summed E-state index contributed by atoms with van der Waals surface area (Å²) in [5.41, 5.74) is 6.49. The molecule has 1 rings (SSSR count). The summed E-state index contributed by atoms with van der Waals surface area (Å²) in [7, 11) is 0. The van der Waals surface area contributed by atoms with E-state index >= 15 is 0 Å². The lowest BCUT2D eigenvalue weighted by Crippen LogP contribution is -2.50. The second-order valence-electron chi connectivity index (χ2n) is 6.15. The van der Waals surface area contributed by atoms with Gasteiger partial charge in [-0.1, -0.05) is 34.6 Å². The quantitative estimate of drug-likeness (QED) is 0.680. The minimum Gasteiger partial charge on any atom is -0.393 e. The molecule has 1 aliphatic carbocycles. The molecule has 0 aromatic heterocycles. The van der Waals surface area contributed by atoms with Crippen LogP contribution in [0.3, 0.4) is 0 Å². The largest absolute Gasteiger partial charge is 0.393 e. The molecular weight excluding hydrogens is 174 g/mol. The average Bonchev–Trinajstić information content (AvgIpc) is 2.24. The van der Waals surface area contributed by atoms with Crippen molar-refractivity contribution in [3.63, 3.8) is 0 Å². The molecule has 1 fully saturated rings. The molecule has 0 aromatic carbocycles. The third kappa shape index (κ3) is 1.59. The Morgan fingerprint density at radius 2 is 1.86 bits per heavy atom. The Kier molecular flexibility index (Phi) is 2.99. The zero-order valence-electron chi connectivity index (χ0n) is 10.2. The van der Waals surface area contributed by atoms with Gasteiger partial charge in [0.05, 0.1) is 6.10 Å². The van der Waals surface area contributed by atoms with E-state index in [1.165, 1.54) is 0 Å². The van der Waals surface area contributed by atoms with Gasteiger partial charge < -0.3 is 10.8 Å². The molecule has 0 radical (unpaired) electrons. The van der Waals surface area contributed by atoms with E-state index in [-0.39, 0.29) is 23.0 Å². The maximum absolute atomic E-state index is 9.77. The third-order valence-corrected chi connectivity index (χ3v) is 4.19. The van der Waals surface area contributed by atoms with Gasteiger partial charge in [-0.2, -0.15) is 0 Å². The Hall–Kier alpha value is -0.0800. The Morgan fingerprint density at radius 1 is 1.36 bits per heavy atom. The van der Waals surface area contributed by atoms with Gasteiger partial charge in [-0.15, -0.1) is 0 Å². The smallest absolute Gasteiger partial charge is 0.0561 e. The van der Waals surface area contributed by atoms with Gasteiger partial charge in [-0.3, -0.25) is 0 Å². The third-order valence-electron chi connectivity index (χ3n) is 4.19. The Morgan fingerprint density at radius 3 is 2.00 bits per heavy atom. The number of aliphatic hydroxyl groups excluding tert-OH is 1. The predicted molar refractivity (Wildman–Crippen MR) is 59.9 cm³/mol. The SMILES string of the molecule is CC(C)C1(C(C)(C)C)C[C@@H](O)C[C@H]1N. The van der Waals surface area contributed by atoms with Crippen LogP contribution in [0, 0.1) is 16.7 Å². The first-order valence-corrected chi connectivity index (χ1v) is 5.65. The van der Waals surface area contributed by atoms with Crippen LogP contribution < -0.4 is 5.73 Å². The van der Waals surface area contributed by atoms with Gasteiger partial charge in [0.2, 0.25) is 0 Å². The highest BCUT2D eigenvalue weighted by molar-refractivity contribution is 5.06. The van der Waals surface area contributed by atoms with Gasteiger partial charge in [-0.25, -0.2) is 0 Å². The molecule has 1 aliphatic rings. The van der Waals surface area contributed by atoms with E-state index in [0.717, 1.165) is 12.8 Å². The van der Waals surface area contributed by atoms with Crippen molar-refractivity contribution >= 4 is 0 Å². The van der Waals surface area contributed by atoms with Gasteiger partial charge in [-0.05, 0) is 29.6 Å². The van der Waals surface area contributed by atoms with Crippen molar-refractivity contribution in [3.05, 3.63) is 0 Å². The molecule has 0 amide bonds. The second-order valence-corrected chi connectivity index (χ2v) is 6.15. The summed E-state index contributed by atoms with van der Waals surface area (Å²) in [6.45, 7) is 11.2. The van der Waals surface area contributed by atoms with Crippen LogP contribution in [0.15, 0.2) is 0 Å². The summed E-state index contributed by atoms with van der Waals surface area (Å²) in [6.07, 6.45) is 1.41. The summed E-state index contributed by atoms with van der Waals surface area (Å²) < 4.78 is 0. The number of hydrogen-bond donors (Lipinski definition) is 2. The van der Waals surface area contributed by atoms with E-state index in [4.69, 9.17) is 5.73 Å². The highest BCUT2D eigenvalue weighted by atomic mass is 16.3. The normalized spacial score (nSPS) is 39.4. The van der Waals surface area contributed by atoms with Crippen molar-refractivity contribution in [3.8, 4) is 0 Å². The zero-order chi connectivity index (χ0) is 11.1. The Labute approximate surface area is 87.9 Å². The standard InChI is InChI=1S/C12H25NO/c1-8(2)12(11(3,4)5)7-9(14)6-10(12)13/h8-10,14H,6-7,13H2,1-5H3/t9-,10+,12?/m0/s1. The molecule has 1 saturated carbocycles. The van der Waals surface area contributed by atoms with Gasteiger partial charge in [0.1, 0.15) is 0 Å². The number of hydrogen-bond acceptors (Lipinski definition) is 2. The Balaban J connectivity index is 3.06. The van der Waals surface area contributed by atoms with Crippen molar-refractivity contribution in [2.45, 2.75) is 59.6 Å². The molecule has 0 saturated heterocycles. The molecular formula is C12H25NO. The summed E-state index contributed by atoms with van der Waals surface area (Å²) in [5.74, 6) is 0.523. The monoisotopic (exact) mass is 199 g/mol. The van der Waals surface area contributed by atoms with E-state index in [0.29, 0.717) is 5.92 Å². The second kappa shape index (κ2) is 3.49. The van der Waals surface area contributed by atoms with Crippen molar-refractivity contribution in [1.29, 1.82) is 0 Å². The lowest BCUT2D eigenvalue weighted by Gasteiger charge is -2.48. The van der Waals surface area contributed by atoms with Crippen molar-refractivity contribution in [1.82, 2.24) is 0 Å². The first-order valence-electron chi connectivity index (χ1n) is 5.65. The maximum atomic E-state index is 9.77. The fourth-order valence-corrected chi connectivity index (χ4v) is 3.52. The van der Waals surface area contributed by atoms with Crippen LogP contribution in [-0.4, -0.2) is 17.3 Å². The number of nitrogens with two attached hydrogens (primary N) is 1. The van der Waals surface area contributed by atoms with E-state index in [9.17, 15) is 5.11 Å². The van der Waals surface area contributed by atoms with E-state index in [1.54, 1.807) is 0 Å². The van der Waals surface area contributed by atoms with Gasteiger partial charge in [0.25, 0.3) is 0 Å². The molecule has 0 aliphatic heterocycles. The molecule has 2 heteroatoms. The average molecular weight is 199 g/mol. The minimum absolute atomic E-state index is 0.0897. The molecule has 14 heavy (non-hydrogen) atoms. The molecule has 3 atom stereocenters. The highest BCUT2D eigenvalue weighted by Gasteiger charge is 2.53. The highest BCUT2D eigenvalue weighted by Crippen LogP contribution is 2.54. The van der Waals surface area contributed by atoms with Crippen LogP contribution in [-0.2, 0) is 0 Å². The molecule has 1 unspecified atom stereocenters. The Bertz CT molecular complexity index is 207. The van der Waals surface area contributed by atoms with E-state index < -0.39 is 0 Å². The topological polar surface area (TPSA) is 46.2 Å². The first-order chi connectivity index (χ1) is 6.22. The van der Waals surface area contributed by atoms with Crippen LogP contribution in [0.2, 0.25) is 0 Å². The van der Waals surface area contributed by atoms with Crippen molar-refractivity contribution in [2.24, 2.45) is 22.5 Å². The van der Waals surface area contributed by atoms with Gasteiger partial charge >= 0.3 is 0 Å². The van der Waals surface area contributed by atoms with Crippen molar-refractivity contribution in [2.75, 3.05) is 0 Å². The molecule has 0 bridgehead atoms. The van der Waals surface area contributed by atoms with E-state index in [2.05, 4.69) is 34.6 Å². The van der Waals surface area contributed by atoms with Gasteiger partial charge in [0, 0.05) is 6.04 Å². The van der Waals surface area contributed by atoms with Crippen LogP contribution in [0.25, 0.3) is 0 Å². The number of rotatable bonds is 1. The van der Waals surface area contributed by atoms with Crippen LogP contribution in [0.4, 0.5) is 0 Å². The molecule has 0 aromatic rings. The fourth-order valence-electron chi connectivity index (χ4n) is 3.52. The minimum atomic E-state index is -0.202. The molecule has 84 valence electrons. The van der Waals surface area contributed by atoms with Crippen LogP contribution in [0.1, 0.15) is 47.5 Å². The maximum Gasteiger partial charge on any atom is 0.0561 e. The zero-order valence-corrected chi connectivity index (χ0v) is 10.2. The van der Waals surface area contributed by atoms with Crippen LogP contribution >= 0.6 is 0 Å². The molecule has 0 spiro atoms. The van der Waals surface area contributed by atoms with Gasteiger partial charge in [0.15, 0.2) is 0 Å². The lowest BCUT2D eigenvalue weighted by molar-refractivity contribution is 0.00952. The fraction of sp³-hybridized carbons (Fsp3) is 1.00. The molecule has 0 heterocycles.